The van der Waals surface area contributed by atoms with Gasteiger partial charge in [0.05, 0.1) is 12.3 Å². The second kappa shape index (κ2) is 3.58. The number of fused-ring (bicyclic) bond motifs is 1. The Hall–Kier alpha value is -1.38. The van der Waals surface area contributed by atoms with Gasteiger partial charge in [-0.3, -0.25) is 0 Å². The summed E-state index contributed by atoms with van der Waals surface area (Å²) in [4.78, 5) is 0. The molecule has 0 saturated heterocycles. The number of nitrogen functional groups attached to an aromatic ring is 1. The maximum Gasteiger partial charge on any atom is 0.144 e. The van der Waals surface area contributed by atoms with E-state index in [0.29, 0.717) is 5.41 Å². The average molecular weight is 218 g/mol. The summed E-state index contributed by atoms with van der Waals surface area (Å²) in [6.45, 7) is 1.82. The van der Waals surface area contributed by atoms with E-state index in [-0.39, 0.29) is 0 Å². The van der Waals surface area contributed by atoms with Gasteiger partial charge in [0.15, 0.2) is 0 Å². The topological polar surface area (TPSA) is 47.3 Å². The molecule has 1 aliphatic carbocycles. The van der Waals surface area contributed by atoms with Crippen LogP contribution >= 0.6 is 0 Å². The zero-order chi connectivity index (χ0) is 11.0. The summed E-state index contributed by atoms with van der Waals surface area (Å²) >= 11 is 0. The molecule has 2 aliphatic rings. The molecule has 1 fully saturated rings. The number of anilines is 2. The molecular formula is C13H18N2O. The lowest BCUT2D eigenvalue weighted by molar-refractivity contribution is 0.169. The van der Waals surface area contributed by atoms with Gasteiger partial charge in [-0.05, 0) is 25.0 Å². The van der Waals surface area contributed by atoms with Crippen molar-refractivity contribution in [2.75, 3.05) is 24.2 Å². The summed E-state index contributed by atoms with van der Waals surface area (Å²) in [5, 5.41) is 3.48. The van der Waals surface area contributed by atoms with Crippen molar-refractivity contribution in [1.82, 2.24) is 0 Å². The Balaban J connectivity index is 1.89. The Kier molecular flexibility index (Phi) is 2.20. The summed E-state index contributed by atoms with van der Waals surface area (Å²) in [7, 11) is 0. The van der Waals surface area contributed by atoms with Crippen LogP contribution < -0.4 is 15.8 Å². The molecule has 16 heavy (non-hydrogen) atoms. The lowest BCUT2D eigenvalue weighted by Gasteiger charge is -2.25. The van der Waals surface area contributed by atoms with Gasteiger partial charge in [0, 0.05) is 12.0 Å². The number of ether oxygens (including phenoxy) is 1. The van der Waals surface area contributed by atoms with E-state index in [1.807, 2.05) is 18.2 Å². The minimum atomic E-state index is 0.339. The fourth-order valence-corrected chi connectivity index (χ4v) is 2.86. The van der Waals surface area contributed by atoms with E-state index in [9.17, 15) is 0 Å². The van der Waals surface area contributed by atoms with E-state index >= 15 is 0 Å². The first kappa shape index (κ1) is 9.82. The van der Waals surface area contributed by atoms with Crippen molar-refractivity contribution in [3.05, 3.63) is 18.2 Å². The highest BCUT2D eigenvalue weighted by atomic mass is 16.5. The number of rotatable bonds is 0. The first-order valence-electron chi connectivity index (χ1n) is 6.04. The highest BCUT2D eigenvalue weighted by molar-refractivity contribution is 5.73. The van der Waals surface area contributed by atoms with E-state index < -0.39 is 0 Å². The number of hydrogen-bond acceptors (Lipinski definition) is 3. The van der Waals surface area contributed by atoms with Crippen LogP contribution in [0.4, 0.5) is 11.4 Å². The van der Waals surface area contributed by atoms with Crippen LogP contribution in [0, 0.1) is 5.41 Å². The van der Waals surface area contributed by atoms with Crippen molar-refractivity contribution in [3.63, 3.8) is 0 Å². The van der Waals surface area contributed by atoms with Crippen LogP contribution in [0.15, 0.2) is 18.2 Å². The zero-order valence-electron chi connectivity index (χ0n) is 9.46. The highest BCUT2D eigenvalue weighted by Crippen LogP contribution is 2.43. The molecule has 3 rings (SSSR count). The second-order valence-electron chi connectivity index (χ2n) is 5.07. The molecule has 3 N–H and O–H groups in total. The zero-order valence-corrected chi connectivity index (χ0v) is 9.46. The third-order valence-electron chi connectivity index (χ3n) is 3.90. The normalized spacial score (nSPS) is 22.0. The summed E-state index contributed by atoms with van der Waals surface area (Å²) in [6.07, 6.45) is 5.20. The van der Waals surface area contributed by atoms with Crippen molar-refractivity contribution in [2.45, 2.75) is 25.7 Å². The van der Waals surface area contributed by atoms with Gasteiger partial charge in [-0.2, -0.15) is 0 Å². The molecule has 0 atom stereocenters. The Labute approximate surface area is 96.0 Å². The van der Waals surface area contributed by atoms with E-state index in [1.165, 1.54) is 25.7 Å². The van der Waals surface area contributed by atoms with E-state index in [4.69, 9.17) is 10.5 Å². The largest absolute Gasteiger partial charge is 0.491 e. The third kappa shape index (κ3) is 1.51. The van der Waals surface area contributed by atoms with Crippen molar-refractivity contribution in [3.8, 4) is 5.75 Å². The SMILES string of the molecule is Nc1cccc2c1NCC1(CCCC1)CO2. The lowest BCUT2D eigenvalue weighted by Crippen LogP contribution is -2.31. The van der Waals surface area contributed by atoms with Gasteiger partial charge in [-0.25, -0.2) is 0 Å². The van der Waals surface area contributed by atoms with Gasteiger partial charge >= 0.3 is 0 Å². The molecule has 0 bridgehead atoms. The molecule has 1 aromatic carbocycles. The number of nitrogens with one attached hydrogen (secondary N) is 1. The van der Waals surface area contributed by atoms with Gasteiger partial charge < -0.3 is 15.8 Å². The summed E-state index contributed by atoms with van der Waals surface area (Å²) in [5.41, 5.74) is 8.06. The molecule has 0 aromatic heterocycles. The van der Waals surface area contributed by atoms with E-state index in [2.05, 4.69) is 5.32 Å². The van der Waals surface area contributed by atoms with Crippen molar-refractivity contribution in [1.29, 1.82) is 0 Å². The van der Waals surface area contributed by atoms with Gasteiger partial charge in [-0.1, -0.05) is 18.9 Å². The minimum absolute atomic E-state index is 0.339. The fraction of sp³-hybridized carbons (Fsp3) is 0.538. The number of hydrogen-bond donors (Lipinski definition) is 2. The molecule has 0 radical (unpaired) electrons. The minimum Gasteiger partial charge on any atom is -0.491 e. The maximum absolute atomic E-state index is 5.96. The van der Waals surface area contributed by atoms with Crippen LogP contribution in [-0.4, -0.2) is 13.2 Å². The Morgan fingerprint density at radius 3 is 2.88 bits per heavy atom. The smallest absolute Gasteiger partial charge is 0.144 e. The molecule has 86 valence electrons. The maximum atomic E-state index is 5.96. The molecule has 1 heterocycles. The molecule has 1 spiro atoms. The Morgan fingerprint density at radius 2 is 2.06 bits per heavy atom. The van der Waals surface area contributed by atoms with Crippen molar-refractivity contribution < 1.29 is 4.74 Å². The van der Waals surface area contributed by atoms with Gasteiger partial charge in [0.1, 0.15) is 11.4 Å². The van der Waals surface area contributed by atoms with Crippen molar-refractivity contribution >= 4 is 11.4 Å². The summed E-state index contributed by atoms with van der Waals surface area (Å²) < 4.78 is 5.92. The van der Waals surface area contributed by atoms with Crippen LogP contribution in [0.2, 0.25) is 0 Å². The van der Waals surface area contributed by atoms with Gasteiger partial charge in [-0.15, -0.1) is 0 Å². The molecule has 0 amide bonds. The average Bonchev–Trinajstić information content (AvgIpc) is 2.65. The molecule has 3 heteroatoms. The van der Waals surface area contributed by atoms with Crippen molar-refractivity contribution in [2.24, 2.45) is 5.41 Å². The second-order valence-corrected chi connectivity index (χ2v) is 5.07. The third-order valence-corrected chi connectivity index (χ3v) is 3.90. The number of para-hydroxylation sites is 1. The monoisotopic (exact) mass is 218 g/mol. The van der Waals surface area contributed by atoms with Gasteiger partial charge in [0.25, 0.3) is 0 Å². The molecule has 1 aromatic rings. The Bertz CT molecular complexity index is 397. The van der Waals surface area contributed by atoms with Crippen LogP contribution in [0.3, 0.4) is 0 Å². The van der Waals surface area contributed by atoms with E-state index in [0.717, 1.165) is 30.3 Å². The summed E-state index contributed by atoms with van der Waals surface area (Å²) in [6, 6.07) is 5.86. The fourth-order valence-electron chi connectivity index (χ4n) is 2.86. The standard InChI is InChI=1S/C13H18N2O/c14-10-4-3-5-11-12(10)15-8-13(9-16-11)6-1-2-7-13/h3-5,15H,1-2,6-9,14H2. The lowest BCUT2D eigenvalue weighted by atomic mass is 9.87. The van der Waals surface area contributed by atoms with Crippen LogP contribution in [0.25, 0.3) is 0 Å². The number of nitrogens with two attached hydrogens (primary N) is 1. The highest BCUT2D eigenvalue weighted by Gasteiger charge is 2.36. The Morgan fingerprint density at radius 1 is 1.25 bits per heavy atom. The van der Waals surface area contributed by atoms with Crippen LogP contribution in [0.5, 0.6) is 5.75 Å². The molecule has 1 saturated carbocycles. The first-order chi connectivity index (χ1) is 7.79. The predicted octanol–water partition coefficient (Wildman–Crippen LogP) is 2.63. The van der Waals surface area contributed by atoms with Crippen LogP contribution in [0.1, 0.15) is 25.7 Å². The molecule has 3 nitrogen and oxygen atoms in total. The van der Waals surface area contributed by atoms with E-state index in [1.54, 1.807) is 0 Å². The van der Waals surface area contributed by atoms with Gasteiger partial charge in [0.2, 0.25) is 0 Å². The molecule has 1 aliphatic heterocycles. The quantitative estimate of drug-likeness (QED) is 0.658. The van der Waals surface area contributed by atoms with Crippen LogP contribution in [-0.2, 0) is 0 Å². The molecular weight excluding hydrogens is 200 g/mol. The number of benzene rings is 1. The summed E-state index contributed by atoms with van der Waals surface area (Å²) in [5.74, 6) is 0.906. The first-order valence-corrected chi connectivity index (χ1v) is 6.04. The predicted molar refractivity (Wildman–Crippen MR) is 65.7 cm³/mol. The molecule has 0 unspecified atom stereocenters.